The number of halogens is 1. The Kier molecular flexibility index (Phi) is 3.91. The highest BCUT2D eigenvalue weighted by Crippen LogP contribution is 2.28. The van der Waals surface area contributed by atoms with Crippen LogP contribution in [0.5, 0.6) is 0 Å². The van der Waals surface area contributed by atoms with Crippen molar-refractivity contribution in [3.8, 4) is 6.07 Å². The second-order valence-corrected chi connectivity index (χ2v) is 5.18. The fourth-order valence-electron chi connectivity index (χ4n) is 2.55. The van der Waals surface area contributed by atoms with Crippen molar-refractivity contribution in [3.63, 3.8) is 0 Å². The smallest absolute Gasteiger partial charge is 0.0625 e. The number of nitriles is 1. The Morgan fingerprint density at radius 1 is 1.53 bits per heavy atom. The molecule has 1 unspecified atom stereocenters. The number of piperidine rings is 1. The number of rotatable bonds is 2. The van der Waals surface area contributed by atoms with Gasteiger partial charge in [0.15, 0.2) is 0 Å². The molecular weight excluding hydrogens is 232 g/mol. The van der Waals surface area contributed by atoms with Crippen LogP contribution in [0.25, 0.3) is 0 Å². The maximum Gasteiger partial charge on any atom is 0.0625 e. The Balaban J connectivity index is 2.14. The highest BCUT2D eigenvalue weighted by Gasteiger charge is 2.20. The van der Waals surface area contributed by atoms with Crippen LogP contribution in [0.2, 0.25) is 5.02 Å². The normalized spacial score (nSPS) is 20.1. The van der Waals surface area contributed by atoms with E-state index in [1.165, 1.54) is 24.1 Å². The van der Waals surface area contributed by atoms with Gasteiger partial charge in [0.2, 0.25) is 0 Å². The maximum atomic E-state index is 8.78. The van der Waals surface area contributed by atoms with Gasteiger partial charge in [0.25, 0.3) is 0 Å². The van der Waals surface area contributed by atoms with Crippen LogP contribution in [0.1, 0.15) is 24.8 Å². The average Bonchev–Trinajstić information content (AvgIpc) is 2.29. The predicted octanol–water partition coefficient (Wildman–Crippen LogP) is 3.78. The molecule has 0 amide bonds. The molecule has 0 radical (unpaired) electrons. The molecule has 90 valence electrons. The van der Waals surface area contributed by atoms with Gasteiger partial charge in [0.1, 0.15) is 0 Å². The summed E-state index contributed by atoms with van der Waals surface area (Å²) in [5.41, 5.74) is 2.48. The van der Waals surface area contributed by atoms with E-state index in [9.17, 15) is 0 Å². The van der Waals surface area contributed by atoms with Crippen molar-refractivity contribution in [1.29, 1.82) is 5.26 Å². The monoisotopic (exact) mass is 248 g/mol. The van der Waals surface area contributed by atoms with Gasteiger partial charge < -0.3 is 4.90 Å². The van der Waals surface area contributed by atoms with Crippen molar-refractivity contribution in [2.45, 2.75) is 26.2 Å². The first-order chi connectivity index (χ1) is 8.20. The van der Waals surface area contributed by atoms with Crippen molar-refractivity contribution >= 4 is 17.3 Å². The van der Waals surface area contributed by atoms with Crippen molar-refractivity contribution in [3.05, 3.63) is 28.8 Å². The van der Waals surface area contributed by atoms with E-state index in [4.69, 9.17) is 16.9 Å². The van der Waals surface area contributed by atoms with Gasteiger partial charge in [-0.2, -0.15) is 5.26 Å². The van der Waals surface area contributed by atoms with Crippen molar-refractivity contribution in [2.75, 3.05) is 18.0 Å². The molecule has 0 saturated carbocycles. The van der Waals surface area contributed by atoms with Crippen LogP contribution in [0.4, 0.5) is 5.69 Å². The molecule has 1 atom stereocenters. The summed E-state index contributed by atoms with van der Waals surface area (Å²) in [7, 11) is 0. The van der Waals surface area contributed by atoms with Crippen molar-refractivity contribution in [2.24, 2.45) is 5.92 Å². The first-order valence-corrected chi connectivity index (χ1v) is 6.46. The van der Waals surface area contributed by atoms with Crippen molar-refractivity contribution in [1.82, 2.24) is 0 Å². The summed E-state index contributed by atoms with van der Waals surface area (Å²) in [5, 5.41) is 9.57. The summed E-state index contributed by atoms with van der Waals surface area (Å²) in [5.74, 6) is 0.517. The van der Waals surface area contributed by atoms with Crippen LogP contribution in [-0.2, 0) is 0 Å². The van der Waals surface area contributed by atoms with Gasteiger partial charge >= 0.3 is 0 Å². The minimum absolute atomic E-state index is 0.517. The summed E-state index contributed by atoms with van der Waals surface area (Å²) in [6, 6.07) is 8.32. The maximum absolute atomic E-state index is 8.78. The second-order valence-electron chi connectivity index (χ2n) is 4.75. The Bertz CT molecular complexity index is 436. The van der Waals surface area contributed by atoms with E-state index in [2.05, 4.69) is 24.0 Å². The van der Waals surface area contributed by atoms with E-state index in [1.807, 2.05) is 12.1 Å². The zero-order valence-corrected chi connectivity index (χ0v) is 10.9. The molecule has 1 heterocycles. The summed E-state index contributed by atoms with van der Waals surface area (Å²) >= 11 is 5.97. The number of nitrogens with zero attached hydrogens (tertiary/aromatic N) is 2. The van der Waals surface area contributed by atoms with Crippen LogP contribution >= 0.6 is 11.6 Å². The Hall–Kier alpha value is -1.20. The number of benzene rings is 1. The molecule has 2 rings (SSSR count). The van der Waals surface area contributed by atoms with Gasteiger partial charge in [-0.05, 0) is 49.4 Å². The van der Waals surface area contributed by atoms with Gasteiger partial charge in [-0.3, -0.25) is 0 Å². The molecule has 1 saturated heterocycles. The SMILES string of the molecule is Cc1cc(Cl)ccc1N1CCCC(CC#N)C1. The standard InChI is InChI=1S/C14H17ClN2/c1-11-9-13(15)4-5-14(11)17-8-2-3-12(10-17)6-7-16/h4-5,9,12H,2-3,6,8,10H2,1H3. The average molecular weight is 249 g/mol. The number of hydrogen-bond acceptors (Lipinski definition) is 2. The zero-order chi connectivity index (χ0) is 12.3. The van der Waals surface area contributed by atoms with Crippen LogP contribution in [-0.4, -0.2) is 13.1 Å². The number of anilines is 1. The van der Waals surface area contributed by atoms with E-state index in [1.54, 1.807) is 0 Å². The van der Waals surface area contributed by atoms with E-state index >= 15 is 0 Å². The van der Waals surface area contributed by atoms with Gasteiger partial charge in [0.05, 0.1) is 6.07 Å². The molecule has 1 aromatic carbocycles. The lowest BCUT2D eigenvalue weighted by Crippen LogP contribution is -2.35. The van der Waals surface area contributed by atoms with E-state index in [-0.39, 0.29) is 0 Å². The van der Waals surface area contributed by atoms with Gasteiger partial charge in [-0.1, -0.05) is 11.6 Å². The Morgan fingerprint density at radius 3 is 3.06 bits per heavy atom. The van der Waals surface area contributed by atoms with Crippen LogP contribution < -0.4 is 4.90 Å². The quantitative estimate of drug-likeness (QED) is 0.797. The topological polar surface area (TPSA) is 27.0 Å². The molecule has 0 spiro atoms. The van der Waals surface area contributed by atoms with E-state index < -0.39 is 0 Å². The minimum Gasteiger partial charge on any atom is -0.371 e. The van der Waals surface area contributed by atoms with Crippen LogP contribution in [0.15, 0.2) is 18.2 Å². The molecule has 1 aliphatic rings. The molecule has 1 fully saturated rings. The Morgan fingerprint density at radius 2 is 2.35 bits per heavy atom. The van der Waals surface area contributed by atoms with Gasteiger partial charge in [0, 0.05) is 30.2 Å². The summed E-state index contributed by atoms with van der Waals surface area (Å²) in [6.45, 7) is 4.18. The zero-order valence-electron chi connectivity index (χ0n) is 10.1. The van der Waals surface area contributed by atoms with Gasteiger partial charge in [-0.25, -0.2) is 0 Å². The highest BCUT2D eigenvalue weighted by atomic mass is 35.5. The fraction of sp³-hybridized carbons (Fsp3) is 0.500. The van der Waals surface area contributed by atoms with Crippen molar-refractivity contribution < 1.29 is 0 Å². The first kappa shape index (κ1) is 12.3. The molecule has 0 N–H and O–H groups in total. The third kappa shape index (κ3) is 2.92. The van der Waals surface area contributed by atoms with Crippen LogP contribution in [0, 0.1) is 24.2 Å². The van der Waals surface area contributed by atoms with E-state index in [0.717, 1.165) is 18.1 Å². The highest BCUT2D eigenvalue weighted by molar-refractivity contribution is 6.30. The molecule has 0 aliphatic carbocycles. The van der Waals surface area contributed by atoms with E-state index in [0.29, 0.717) is 12.3 Å². The van der Waals surface area contributed by atoms with Crippen LogP contribution in [0.3, 0.4) is 0 Å². The third-order valence-electron chi connectivity index (χ3n) is 3.40. The molecule has 2 nitrogen and oxygen atoms in total. The molecule has 0 bridgehead atoms. The summed E-state index contributed by atoms with van der Waals surface area (Å²) < 4.78 is 0. The fourth-order valence-corrected chi connectivity index (χ4v) is 2.78. The molecule has 3 heteroatoms. The second kappa shape index (κ2) is 5.42. The molecule has 17 heavy (non-hydrogen) atoms. The minimum atomic E-state index is 0.517. The van der Waals surface area contributed by atoms with Gasteiger partial charge in [-0.15, -0.1) is 0 Å². The lowest BCUT2D eigenvalue weighted by atomic mass is 9.94. The molecule has 1 aliphatic heterocycles. The molecular formula is C14H17ClN2. The molecule has 1 aromatic rings. The lowest BCUT2D eigenvalue weighted by Gasteiger charge is -2.34. The largest absolute Gasteiger partial charge is 0.371 e. The lowest BCUT2D eigenvalue weighted by molar-refractivity contribution is 0.421. The Labute approximate surface area is 108 Å². The number of hydrogen-bond donors (Lipinski definition) is 0. The third-order valence-corrected chi connectivity index (χ3v) is 3.63. The number of aryl methyl sites for hydroxylation is 1. The molecule has 0 aromatic heterocycles. The predicted molar refractivity (Wildman–Crippen MR) is 71.4 cm³/mol. The first-order valence-electron chi connectivity index (χ1n) is 6.08. The summed E-state index contributed by atoms with van der Waals surface area (Å²) in [4.78, 5) is 2.39. The summed E-state index contributed by atoms with van der Waals surface area (Å²) in [6.07, 6.45) is 3.02.